The van der Waals surface area contributed by atoms with E-state index in [0.29, 0.717) is 4.47 Å². The summed E-state index contributed by atoms with van der Waals surface area (Å²) in [5.41, 5.74) is 0.0600. The van der Waals surface area contributed by atoms with E-state index in [1.165, 1.54) is 12.3 Å². The minimum atomic E-state index is -1.29. The number of nitrogens with zero attached hydrogens (tertiary/aromatic N) is 1. The molecular weight excluding hydrogens is 320 g/mol. The van der Waals surface area contributed by atoms with Gasteiger partial charge in [-0.2, -0.15) is 0 Å². The molecule has 0 radical (unpaired) electrons. The Morgan fingerprint density at radius 1 is 1.32 bits per heavy atom. The Bertz CT molecular complexity index is 488. The van der Waals surface area contributed by atoms with Crippen molar-refractivity contribution >= 4 is 33.8 Å². The summed E-state index contributed by atoms with van der Waals surface area (Å²) in [5.74, 6) is -3.07. The Hall–Kier alpha value is -1.96. The van der Waals surface area contributed by atoms with Crippen molar-refractivity contribution < 1.29 is 24.6 Å². The highest BCUT2D eigenvalue weighted by Gasteiger charge is 2.21. The summed E-state index contributed by atoms with van der Waals surface area (Å²) in [4.78, 5) is 36.8. The van der Waals surface area contributed by atoms with Gasteiger partial charge in [-0.25, -0.2) is 9.78 Å². The minimum absolute atomic E-state index is 0.0600. The van der Waals surface area contributed by atoms with Gasteiger partial charge in [-0.1, -0.05) is 0 Å². The third-order valence-electron chi connectivity index (χ3n) is 2.21. The van der Waals surface area contributed by atoms with Crippen molar-refractivity contribution in [3.05, 3.63) is 28.5 Å². The van der Waals surface area contributed by atoms with E-state index < -0.39 is 23.9 Å². The standard InChI is InChI=1S/C11H11BrN2O5/c12-6-1-2-7(13-5-6)10(17)14-8(11(18)19)3-4-9(15)16/h1-2,5,8H,3-4H2,(H,14,17)(H,15,16)(H,18,19). The Labute approximate surface area is 116 Å². The summed E-state index contributed by atoms with van der Waals surface area (Å²) < 4.78 is 0.685. The minimum Gasteiger partial charge on any atom is -0.481 e. The number of hydrogen-bond acceptors (Lipinski definition) is 4. The maximum Gasteiger partial charge on any atom is 0.326 e. The van der Waals surface area contributed by atoms with Crippen LogP contribution < -0.4 is 5.32 Å². The van der Waals surface area contributed by atoms with Gasteiger partial charge in [0.25, 0.3) is 5.91 Å². The Kier molecular flexibility index (Phi) is 5.43. The fraction of sp³-hybridized carbons (Fsp3) is 0.273. The van der Waals surface area contributed by atoms with Gasteiger partial charge in [-0.05, 0) is 34.5 Å². The zero-order valence-electron chi connectivity index (χ0n) is 9.67. The molecule has 3 N–H and O–H groups in total. The number of pyridine rings is 1. The van der Waals surface area contributed by atoms with Crippen LogP contribution in [0.2, 0.25) is 0 Å². The first-order chi connectivity index (χ1) is 8.90. The number of carbonyl (C=O) groups excluding carboxylic acids is 1. The normalized spacial score (nSPS) is 11.6. The lowest BCUT2D eigenvalue weighted by Crippen LogP contribution is -2.41. The summed E-state index contributed by atoms with van der Waals surface area (Å²) in [7, 11) is 0. The van der Waals surface area contributed by atoms with Gasteiger partial charge in [0.05, 0.1) is 0 Å². The first-order valence-electron chi connectivity index (χ1n) is 5.27. The van der Waals surface area contributed by atoms with Crippen LogP contribution in [0, 0.1) is 0 Å². The van der Waals surface area contributed by atoms with Crippen LogP contribution in [0.5, 0.6) is 0 Å². The number of nitrogens with one attached hydrogen (secondary N) is 1. The lowest BCUT2D eigenvalue weighted by molar-refractivity contribution is -0.140. The number of carboxylic acid groups (broad SMARTS) is 2. The van der Waals surface area contributed by atoms with E-state index in [0.717, 1.165) is 0 Å². The molecule has 0 saturated heterocycles. The molecule has 0 saturated carbocycles. The number of aromatic nitrogens is 1. The van der Waals surface area contributed by atoms with Crippen LogP contribution in [0.25, 0.3) is 0 Å². The Balaban J connectivity index is 2.68. The van der Waals surface area contributed by atoms with E-state index in [1.807, 2.05) is 0 Å². The zero-order chi connectivity index (χ0) is 14.4. The van der Waals surface area contributed by atoms with Crippen LogP contribution in [0.1, 0.15) is 23.3 Å². The van der Waals surface area contributed by atoms with Gasteiger partial charge in [-0.3, -0.25) is 9.59 Å². The topological polar surface area (TPSA) is 117 Å². The van der Waals surface area contributed by atoms with Crippen molar-refractivity contribution in [1.82, 2.24) is 10.3 Å². The molecule has 0 fully saturated rings. The first-order valence-corrected chi connectivity index (χ1v) is 6.06. The molecule has 0 aliphatic heterocycles. The molecule has 1 aromatic heterocycles. The van der Waals surface area contributed by atoms with Gasteiger partial charge in [0.1, 0.15) is 11.7 Å². The van der Waals surface area contributed by atoms with E-state index in [9.17, 15) is 14.4 Å². The number of carbonyl (C=O) groups is 3. The van der Waals surface area contributed by atoms with Gasteiger partial charge >= 0.3 is 11.9 Å². The maximum absolute atomic E-state index is 11.7. The van der Waals surface area contributed by atoms with Gasteiger partial charge in [0.2, 0.25) is 0 Å². The second-order valence-corrected chi connectivity index (χ2v) is 4.57. The summed E-state index contributed by atoms with van der Waals surface area (Å²) in [6, 6.07) is 1.76. The Morgan fingerprint density at radius 3 is 2.47 bits per heavy atom. The number of hydrogen-bond donors (Lipinski definition) is 3. The largest absolute Gasteiger partial charge is 0.481 e. The van der Waals surface area contributed by atoms with Crippen molar-refractivity contribution in [2.24, 2.45) is 0 Å². The van der Waals surface area contributed by atoms with Crippen LogP contribution >= 0.6 is 15.9 Å². The van der Waals surface area contributed by atoms with Crippen molar-refractivity contribution in [3.8, 4) is 0 Å². The molecule has 1 unspecified atom stereocenters. The predicted molar refractivity (Wildman–Crippen MR) is 67.7 cm³/mol. The molecule has 1 amide bonds. The molecule has 1 rings (SSSR count). The fourth-order valence-corrected chi connectivity index (χ4v) is 1.50. The quantitative estimate of drug-likeness (QED) is 0.713. The molecule has 1 heterocycles. The third-order valence-corrected chi connectivity index (χ3v) is 2.68. The smallest absolute Gasteiger partial charge is 0.326 e. The van der Waals surface area contributed by atoms with Crippen LogP contribution in [0.15, 0.2) is 22.8 Å². The second kappa shape index (κ2) is 6.83. The van der Waals surface area contributed by atoms with Crippen LogP contribution in [-0.4, -0.2) is 39.1 Å². The molecule has 8 heteroatoms. The lowest BCUT2D eigenvalue weighted by Gasteiger charge is -2.13. The molecular formula is C11H11BrN2O5. The van der Waals surface area contributed by atoms with Gasteiger partial charge in [0.15, 0.2) is 0 Å². The number of amides is 1. The van der Waals surface area contributed by atoms with E-state index in [-0.39, 0.29) is 18.5 Å². The third kappa shape index (κ3) is 5.04. The summed E-state index contributed by atoms with van der Waals surface area (Å²) in [6.07, 6.45) is 0.875. The summed E-state index contributed by atoms with van der Waals surface area (Å²) in [6.45, 7) is 0. The van der Waals surface area contributed by atoms with Crippen LogP contribution in [0.4, 0.5) is 0 Å². The highest BCUT2D eigenvalue weighted by Crippen LogP contribution is 2.08. The monoisotopic (exact) mass is 330 g/mol. The molecule has 7 nitrogen and oxygen atoms in total. The average Bonchev–Trinajstić information content (AvgIpc) is 2.34. The molecule has 1 atom stereocenters. The second-order valence-electron chi connectivity index (χ2n) is 3.66. The molecule has 0 bridgehead atoms. The van der Waals surface area contributed by atoms with Crippen LogP contribution in [0.3, 0.4) is 0 Å². The predicted octanol–water partition coefficient (Wildman–Crippen LogP) is 0.892. The van der Waals surface area contributed by atoms with Crippen molar-refractivity contribution in [1.29, 1.82) is 0 Å². The van der Waals surface area contributed by atoms with E-state index in [1.54, 1.807) is 6.07 Å². The molecule has 0 aliphatic carbocycles. The zero-order valence-corrected chi connectivity index (χ0v) is 11.3. The SMILES string of the molecule is O=C(O)CCC(NC(=O)c1ccc(Br)cn1)C(=O)O. The van der Waals surface area contributed by atoms with Crippen molar-refractivity contribution in [2.75, 3.05) is 0 Å². The number of halogens is 1. The molecule has 1 aromatic rings. The van der Waals surface area contributed by atoms with E-state index in [2.05, 4.69) is 26.2 Å². The van der Waals surface area contributed by atoms with E-state index in [4.69, 9.17) is 10.2 Å². The van der Waals surface area contributed by atoms with Gasteiger partial charge in [-0.15, -0.1) is 0 Å². The molecule has 0 aromatic carbocycles. The molecule has 19 heavy (non-hydrogen) atoms. The summed E-state index contributed by atoms with van der Waals surface area (Å²) in [5, 5.41) is 19.6. The van der Waals surface area contributed by atoms with Gasteiger partial charge < -0.3 is 15.5 Å². The summed E-state index contributed by atoms with van der Waals surface area (Å²) >= 11 is 3.16. The van der Waals surface area contributed by atoms with Crippen molar-refractivity contribution in [3.63, 3.8) is 0 Å². The molecule has 0 aliphatic rings. The maximum atomic E-state index is 11.7. The van der Waals surface area contributed by atoms with Gasteiger partial charge in [0, 0.05) is 17.1 Å². The highest BCUT2D eigenvalue weighted by molar-refractivity contribution is 9.10. The Morgan fingerprint density at radius 2 is 2.00 bits per heavy atom. The number of rotatable bonds is 6. The highest BCUT2D eigenvalue weighted by atomic mass is 79.9. The molecule has 0 spiro atoms. The van der Waals surface area contributed by atoms with Crippen LogP contribution in [-0.2, 0) is 9.59 Å². The number of aliphatic carboxylic acids is 2. The average molecular weight is 331 g/mol. The molecule has 102 valence electrons. The first kappa shape index (κ1) is 15.1. The van der Waals surface area contributed by atoms with E-state index >= 15 is 0 Å². The fourth-order valence-electron chi connectivity index (χ4n) is 1.27. The number of carboxylic acids is 2. The van der Waals surface area contributed by atoms with Crippen molar-refractivity contribution in [2.45, 2.75) is 18.9 Å². The lowest BCUT2D eigenvalue weighted by atomic mass is 10.1.